The zero-order valence-corrected chi connectivity index (χ0v) is 11.1. The molecule has 1 heterocycles. The number of para-hydroxylation sites is 1. The highest BCUT2D eigenvalue weighted by atomic mass is 19.1. The molecule has 2 rings (SSSR count). The lowest BCUT2D eigenvalue weighted by atomic mass is 10.1. The average Bonchev–Trinajstić information content (AvgIpc) is 2.37. The maximum atomic E-state index is 13.3. The summed E-state index contributed by atoms with van der Waals surface area (Å²) in [7, 11) is 2.14. The molecule has 1 aliphatic heterocycles. The lowest BCUT2D eigenvalue weighted by Gasteiger charge is -2.39. The first-order valence-electron chi connectivity index (χ1n) is 6.50. The molecule has 100 valence electrons. The molecule has 3 nitrogen and oxygen atoms in total. The molecule has 0 amide bonds. The smallest absolute Gasteiger partial charge is 0.165 e. The van der Waals surface area contributed by atoms with Gasteiger partial charge in [-0.25, -0.2) is 4.39 Å². The molecule has 1 N–H and O–H groups in total. The van der Waals surface area contributed by atoms with Crippen molar-refractivity contribution >= 4 is 0 Å². The summed E-state index contributed by atoms with van der Waals surface area (Å²) >= 11 is 0. The minimum atomic E-state index is -0.534. The van der Waals surface area contributed by atoms with E-state index < -0.39 is 5.82 Å². The second-order valence-electron chi connectivity index (χ2n) is 5.03. The van der Waals surface area contributed by atoms with Crippen LogP contribution in [0, 0.1) is 5.82 Å². The normalized spacial score (nSPS) is 22.3. The first-order chi connectivity index (χ1) is 8.61. The number of benzene rings is 1. The summed E-state index contributed by atoms with van der Waals surface area (Å²) in [6.07, 6.45) is 1.11. The standard InChI is InChI=1S/C14H21FN2O/c1-3-12-10-17(8-7-16(12)2)9-11-5-4-6-13(15)14(11)18/h4-6,12,18H,3,7-10H2,1-2H3. The fourth-order valence-corrected chi connectivity index (χ4v) is 2.52. The molecular formula is C14H21FN2O. The van der Waals surface area contributed by atoms with Gasteiger partial charge in [-0.05, 0) is 19.5 Å². The van der Waals surface area contributed by atoms with E-state index in [0.29, 0.717) is 18.2 Å². The third-order valence-electron chi connectivity index (χ3n) is 3.80. The SMILES string of the molecule is CCC1CN(Cc2cccc(F)c2O)CCN1C. The predicted octanol–water partition coefficient (Wildman–Crippen LogP) is 2.06. The van der Waals surface area contributed by atoms with Crippen LogP contribution in [0.2, 0.25) is 0 Å². The van der Waals surface area contributed by atoms with Crippen molar-refractivity contribution in [3.63, 3.8) is 0 Å². The van der Waals surface area contributed by atoms with E-state index in [4.69, 9.17) is 0 Å². The van der Waals surface area contributed by atoms with Gasteiger partial charge in [0.2, 0.25) is 0 Å². The number of halogens is 1. The molecule has 4 heteroatoms. The van der Waals surface area contributed by atoms with Crippen molar-refractivity contribution in [3.8, 4) is 5.75 Å². The van der Waals surface area contributed by atoms with Gasteiger partial charge in [0.1, 0.15) is 0 Å². The zero-order chi connectivity index (χ0) is 13.1. The van der Waals surface area contributed by atoms with Gasteiger partial charge < -0.3 is 10.0 Å². The van der Waals surface area contributed by atoms with Crippen molar-refractivity contribution in [1.82, 2.24) is 9.80 Å². The number of phenols is 1. The van der Waals surface area contributed by atoms with Crippen LogP contribution in [0.15, 0.2) is 18.2 Å². The minimum Gasteiger partial charge on any atom is -0.505 e. The Morgan fingerprint density at radius 2 is 2.17 bits per heavy atom. The Balaban J connectivity index is 2.03. The maximum absolute atomic E-state index is 13.3. The molecule has 0 aromatic heterocycles. The Bertz CT molecular complexity index is 411. The third kappa shape index (κ3) is 2.82. The first-order valence-corrected chi connectivity index (χ1v) is 6.50. The molecule has 1 saturated heterocycles. The zero-order valence-electron chi connectivity index (χ0n) is 11.1. The summed E-state index contributed by atoms with van der Waals surface area (Å²) in [6.45, 7) is 5.76. The minimum absolute atomic E-state index is 0.204. The summed E-state index contributed by atoms with van der Waals surface area (Å²) in [5, 5.41) is 9.69. The van der Waals surface area contributed by atoms with E-state index in [2.05, 4.69) is 23.8 Å². The van der Waals surface area contributed by atoms with Gasteiger partial charge in [0.15, 0.2) is 11.6 Å². The number of likely N-dealkylation sites (N-methyl/N-ethyl adjacent to an activating group) is 1. The molecule has 0 spiro atoms. The van der Waals surface area contributed by atoms with Gasteiger partial charge in [0.05, 0.1) is 0 Å². The summed E-state index contributed by atoms with van der Waals surface area (Å²) < 4.78 is 13.3. The molecule has 0 radical (unpaired) electrons. The van der Waals surface area contributed by atoms with Crippen molar-refractivity contribution in [1.29, 1.82) is 0 Å². The molecule has 1 aromatic rings. The van der Waals surface area contributed by atoms with Crippen LogP contribution in [-0.4, -0.2) is 47.6 Å². The van der Waals surface area contributed by atoms with Crippen LogP contribution < -0.4 is 0 Å². The van der Waals surface area contributed by atoms with E-state index in [1.165, 1.54) is 6.07 Å². The summed E-state index contributed by atoms with van der Waals surface area (Å²) in [5.41, 5.74) is 0.675. The van der Waals surface area contributed by atoms with Crippen LogP contribution >= 0.6 is 0 Å². The lowest BCUT2D eigenvalue weighted by molar-refractivity contribution is 0.0877. The Hall–Kier alpha value is -1.13. The predicted molar refractivity (Wildman–Crippen MR) is 70.1 cm³/mol. The second-order valence-corrected chi connectivity index (χ2v) is 5.03. The van der Waals surface area contributed by atoms with E-state index in [-0.39, 0.29) is 5.75 Å². The molecule has 1 fully saturated rings. The van der Waals surface area contributed by atoms with Crippen LogP contribution in [0.1, 0.15) is 18.9 Å². The molecule has 1 atom stereocenters. The van der Waals surface area contributed by atoms with Crippen LogP contribution in [0.25, 0.3) is 0 Å². The highest BCUT2D eigenvalue weighted by molar-refractivity contribution is 5.33. The Kier molecular flexibility index (Phi) is 4.19. The van der Waals surface area contributed by atoms with E-state index in [0.717, 1.165) is 26.1 Å². The highest BCUT2D eigenvalue weighted by Crippen LogP contribution is 2.23. The molecule has 18 heavy (non-hydrogen) atoms. The van der Waals surface area contributed by atoms with Gasteiger partial charge in [0.25, 0.3) is 0 Å². The van der Waals surface area contributed by atoms with Crippen molar-refractivity contribution in [3.05, 3.63) is 29.6 Å². The lowest BCUT2D eigenvalue weighted by Crippen LogP contribution is -2.50. The topological polar surface area (TPSA) is 26.7 Å². The molecule has 0 saturated carbocycles. The Morgan fingerprint density at radius 3 is 2.89 bits per heavy atom. The third-order valence-corrected chi connectivity index (χ3v) is 3.80. The molecule has 1 aromatic carbocycles. The summed E-state index contributed by atoms with van der Waals surface area (Å²) in [4.78, 5) is 4.64. The highest BCUT2D eigenvalue weighted by Gasteiger charge is 2.23. The van der Waals surface area contributed by atoms with Crippen LogP contribution in [0.3, 0.4) is 0 Å². The van der Waals surface area contributed by atoms with Crippen LogP contribution in [0.5, 0.6) is 5.75 Å². The molecular weight excluding hydrogens is 231 g/mol. The van der Waals surface area contributed by atoms with Gasteiger partial charge in [-0.1, -0.05) is 19.1 Å². The van der Waals surface area contributed by atoms with E-state index in [1.807, 2.05) is 0 Å². The number of hydrogen-bond acceptors (Lipinski definition) is 3. The fourth-order valence-electron chi connectivity index (χ4n) is 2.52. The van der Waals surface area contributed by atoms with Crippen molar-refractivity contribution < 1.29 is 9.50 Å². The van der Waals surface area contributed by atoms with E-state index in [1.54, 1.807) is 12.1 Å². The summed E-state index contributed by atoms with van der Waals surface area (Å²) in [5.74, 6) is -0.738. The number of phenolic OH excluding ortho intramolecular Hbond substituents is 1. The van der Waals surface area contributed by atoms with E-state index >= 15 is 0 Å². The molecule has 0 bridgehead atoms. The number of hydrogen-bond donors (Lipinski definition) is 1. The van der Waals surface area contributed by atoms with Crippen LogP contribution in [-0.2, 0) is 6.54 Å². The molecule has 1 unspecified atom stereocenters. The fraction of sp³-hybridized carbons (Fsp3) is 0.571. The molecule has 0 aliphatic carbocycles. The number of rotatable bonds is 3. The van der Waals surface area contributed by atoms with Crippen molar-refractivity contribution in [2.75, 3.05) is 26.7 Å². The number of aromatic hydroxyl groups is 1. The van der Waals surface area contributed by atoms with Crippen molar-refractivity contribution in [2.45, 2.75) is 25.9 Å². The Morgan fingerprint density at radius 1 is 1.39 bits per heavy atom. The van der Waals surface area contributed by atoms with Gasteiger partial charge >= 0.3 is 0 Å². The van der Waals surface area contributed by atoms with Crippen molar-refractivity contribution in [2.24, 2.45) is 0 Å². The van der Waals surface area contributed by atoms with Gasteiger partial charge in [-0.2, -0.15) is 0 Å². The molecule has 1 aliphatic rings. The number of nitrogens with zero attached hydrogens (tertiary/aromatic N) is 2. The Labute approximate surface area is 108 Å². The second kappa shape index (κ2) is 5.67. The monoisotopic (exact) mass is 252 g/mol. The number of piperazine rings is 1. The maximum Gasteiger partial charge on any atom is 0.165 e. The largest absolute Gasteiger partial charge is 0.505 e. The average molecular weight is 252 g/mol. The quantitative estimate of drug-likeness (QED) is 0.892. The van der Waals surface area contributed by atoms with Gasteiger partial charge in [-0.15, -0.1) is 0 Å². The van der Waals surface area contributed by atoms with Crippen LogP contribution in [0.4, 0.5) is 4.39 Å². The summed E-state index contributed by atoms with van der Waals surface area (Å²) in [6, 6.07) is 5.28. The van der Waals surface area contributed by atoms with Gasteiger partial charge in [-0.3, -0.25) is 4.90 Å². The van der Waals surface area contributed by atoms with Gasteiger partial charge in [0, 0.05) is 37.8 Å². The van der Waals surface area contributed by atoms with E-state index in [9.17, 15) is 9.50 Å². The first kappa shape index (κ1) is 13.3.